The van der Waals surface area contributed by atoms with E-state index in [0.717, 1.165) is 0 Å². The molecule has 2 aromatic carbocycles. The van der Waals surface area contributed by atoms with Crippen LogP contribution in [0.5, 0.6) is 0 Å². The van der Waals surface area contributed by atoms with Crippen molar-refractivity contribution in [2.75, 3.05) is 0 Å². The standard InChI is InChI=1S/C16H19ClSi/c1-12-10-13(2)16(14(3)11-12)18(4,17)15-8-6-5-7-9-15/h5-11H,1-4H3. The lowest BCUT2D eigenvalue weighted by Gasteiger charge is -2.25. The highest BCUT2D eigenvalue weighted by atomic mass is 35.6. The molecule has 2 rings (SSSR count). The van der Waals surface area contributed by atoms with Crippen molar-refractivity contribution < 1.29 is 0 Å². The van der Waals surface area contributed by atoms with Crippen molar-refractivity contribution in [2.24, 2.45) is 0 Å². The Balaban J connectivity index is 2.61. The van der Waals surface area contributed by atoms with Crippen molar-refractivity contribution in [2.45, 2.75) is 27.3 Å². The molecule has 2 heteroatoms. The van der Waals surface area contributed by atoms with Crippen LogP contribution in [0.2, 0.25) is 6.55 Å². The Kier molecular flexibility index (Phi) is 3.65. The van der Waals surface area contributed by atoms with Gasteiger partial charge in [0, 0.05) is 0 Å². The molecule has 0 fully saturated rings. The van der Waals surface area contributed by atoms with Gasteiger partial charge in [0.25, 0.3) is 0 Å². The van der Waals surface area contributed by atoms with Gasteiger partial charge in [-0.05, 0) is 48.8 Å². The van der Waals surface area contributed by atoms with E-state index < -0.39 is 7.38 Å². The van der Waals surface area contributed by atoms with Gasteiger partial charge in [0.2, 0.25) is 7.38 Å². The third kappa shape index (κ3) is 2.38. The third-order valence-corrected chi connectivity index (χ3v) is 7.83. The summed E-state index contributed by atoms with van der Waals surface area (Å²) in [5.74, 6) is 0. The van der Waals surface area contributed by atoms with Gasteiger partial charge >= 0.3 is 0 Å². The first-order valence-corrected chi connectivity index (χ1v) is 9.77. The molecule has 2 aromatic rings. The van der Waals surface area contributed by atoms with Gasteiger partial charge in [-0.15, -0.1) is 0 Å². The molecule has 18 heavy (non-hydrogen) atoms. The molecule has 0 N–H and O–H groups in total. The lowest BCUT2D eigenvalue weighted by molar-refractivity contribution is 1.35. The fraction of sp³-hybridized carbons (Fsp3) is 0.250. The second-order valence-electron chi connectivity index (χ2n) is 5.14. The van der Waals surface area contributed by atoms with E-state index in [0.29, 0.717) is 0 Å². The Morgan fingerprint density at radius 3 is 1.89 bits per heavy atom. The van der Waals surface area contributed by atoms with Gasteiger partial charge < -0.3 is 0 Å². The second-order valence-corrected chi connectivity index (χ2v) is 10.5. The van der Waals surface area contributed by atoms with Crippen molar-refractivity contribution >= 4 is 28.8 Å². The van der Waals surface area contributed by atoms with Crippen LogP contribution in [0.25, 0.3) is 0 Å². The summed E-state index contributed by atoms with van der Waals surface area (Å²) >= 11 is 6.99. The van der Waals surface area contributed by atoms with Crippen LogP contribution in [-0.4, -0.2) is 7.38 Å². The molecule has 0 bridgehead atoms. The number of halogens is 1. The summed E-state index contributed by atoms with van der Waals surface area (Å²) < 4.78 is 0. The maximum Gasteiger partial charge on any atom is 0.214 e. The van der Waals surface area contributed by atoms with Gasteiger partial charge in [0.05, 0.1) is 0 Å². The third-order valence-electron chi connectivity index (χ3n) is 3.46. The summed E-state index contributed by atoms with van der Waals surface area (Å²) in [4.78, 5) is 0. The normalized spacial score (nSPS) is 14.3. The maximum absolute atomic E-state index is 6.99. The van der Waals surface area contributed by atoms with Gasteiger partial charge in [-0.25, -0.2) is 0 Å². The van der Waals surface area contributed by atoms with Gasteiger partial charge in [-0.3, -0.25) is 0 Å². The zero-order chi connectivity index (χ0) is 13.3. The monoisotopic (exact) mass is 274 g/mol. The average molecular weight is 275 g/mol. The van der Waals surface area contributed by atoms with Crippen molar-refractivity contribution in [3.8, 4) is 0 Å². The van der Waals surface area contributed by atoms with E-state index in [4.69, 9.17) is 11.1 Å². The Morgan fingerprint density at radius 1 is 0.889 bits per heavy atom. The fourth-order valence-electron chi connectivity index (χ4n) is 2.82. The van der Waals surface area contributed by atoms with Crippen LogP contribution in [0.3, 0.4) is 0 Å². The molecule has 0 aromatic heterocycles. The molecule has 0 amide bonds. The molecule has 0 radical (unpaired) electrons. The van der Waals surface area contributed by atoms with E-state index in [1.54, 1.807) is 0 Å². The summed E-state index contributed by atoms with van der Waals surface area (Å²) in [6.45, 7) is 8.70. The zero-order valence-electron chi connectivity index (χ0n) is 11.4. The first-order valence-electron chi connectivity index (χ1n) is 6.25. The predicted molar refractivity (Wildman–Crippen MR) is 83.8 cm³/mol. The van der Waals surface area contributed by atoms with Crippen molar-refractivity contribution in [3.63, 3.8) is 0 Å². The smallest absolute Gasteiger partial charge is 0.155 e. The number of benzene rings is 2. The lowest BCUT2D eigenvalue weighted by Crippen LogP contribution is -2.53. The van der Waals surface area contributed by atoms with Crippen molar-refractivity contribution in [1.82, 2.24) is 0 Å². The van der Waals surface area contributed by atoms with Crippen LogP contribution in [0.15, 0.2) is 42.5 Å². The van der Waals surface area contributed by atoms with Gasteiger partial charge in [0.1, 0.15) is 0 Å². The minimum absolute atomic E-state index is 1.28. The number of hydrogen-bond acceptors (Lipinski definition) is 0. The van der Waals surface area contributed by atoms with Crippen molar-refractivity contribution in [3.05, 3.63) is 59.2 Å². The van der Waals surface area contributed by atoms with E-state index in [1.807, 2.05) is 6.07 Å². The molecule has 0 aliphatic carbocycles. The molecule has 1 atom stereocenters. The van der Waals surface area contributed by atoms with E-state index in [2.05, 4.69) is 63.7 Å². The Morgan fingerprint density at radius 2 is 1.39 bits per heavy atom. The van der Waals surface area contributed by atoms with Crippen molar-refractivity contribution in [1.29, 1.82) is 0 Å². The highest BCUT2D eigenvalue weighted by Gasteiger charge is 2.32. The summed E-state index contributed by atoms with van der Waals surface area (Å²) in [5, 5.41) is 2.64. The Bertz CT molecular complexity index is 536. The first kappa shape index (κ1) is 13.4. The molecule has 0 aliphatic heterocycles. The lowest BCUT2D eigenvalue weighted by atomic mass is 10.1. The van der Waals surface area contributed by atoms with E-state index in [1.165, 1.54) is 27.1 Å². The maximum atomic E-state index is 6.99. The Labute approximate surface area is 115 Å². The SMILES string of the molecule is Cc1cc(C)c([Si](C)(Cl)c2ccccc2)c(C)c1. The molecule has 0 heterocycles. The average Bonchev–Trinajstić information content (AvgIpc) is 2.28. The summed E-state index contributed by atoms with van der Waals surface area (Å²) in [6, 6.07) is 15.0. The minimum Gasteiger partial charge on any atom is -0.155 e. The van der Waals surface area contributed by atoms with Crippen LogP contribution in [0, 0.1) is 20.8 Å². The zero-order valence-corrected chi connectivity index (χ0v) is 13.2. The fourth-order valence-corrected chi connectivity index (χ4v) is 6.82. The largest absolute Gasteiger partial charge is 0.214 e. The number of hydrogen-bond donors (Lipinski definition) is 0. The van der Waals surface area contributed by atoms with Crippen LogP contribution >= 0.6 is 11.1 Å². The van der Waals surface area contributed by atoms with Crippen LogP contribution in [0.4, 0.5) is 0 Å². The number of rotatable bonds is 2. The predicted octanol–water partition coefficient (Wildman–Crippen LogP) is 3.54. The molecule has 0 spiro atoms. The molecule has 0 nitrogen and oxygen atoms in total. The summed E-state index contributed by atoms with van der Waals surface area (Å²) in [5.41, 5.74) is 3.95. The Hall–Kier alpha value is -1.05. The second kappa shape index (κ2) is 4.91. The summed E-state index contributed by atoms with van der Waals surface area (Å²) in [7, 11) is -2.10. The molecular formula is C16H19ClSi. The summed E-state index contributed by atoms with van der Waals surface area (Å²) in [6.07, 6.45) is 0. The molecule has 94 valence electrons. The van der Waals surface area contributed by atoms with E-state index in [-0.39, 0.29) is 0 Å². The molecular weight excluding hydrogens is 256 g/mol. The highest BCUT2D eigenvalue weighted by molar-refractivity contribution is 7.33. The van der Waals surface area contributed by atoms with Crippen LogP contribution in [-0.2, 0) is 0 Å². The molecule has 1 unspecified atom stereocenters. The van der Waals surface area contributed by atoms with Crippen LogP contribution < -0.4 is 10.4 Å². The molecule has 0 aliphatic rings. The first-order chi connectivity index (χ1) is 8.43. The molecule has 0 saturated heterocycles. The van der Waals surface area contributed by atoms with E-state index >= 15 is 0 Å². The minimum atomic E-state index is -2.10. The van der Waals surface area contributed by atoms with Gasteiger partial charge in [-0.2, -0.15) is 11.1 Å². The number of aryl methyl sites for hydroxylation is 3. The van der Waals surface area contributed by atoms with Gasteiger partial charge in [0.15, 0.2) is 0 Å². The van der Waals surface area contributed by atoms with Gasteiger partial charge in [-0.1, -0.05) is 48.0 Å². The topological polar surface area (TPSA) is 0 Å². The quantitative estimate of drug-likeness (QED) is 0.580. The highest BCUT2D eigenvalue weighted by Crippen LogP contribution is 2.16. The van der Waals surface area contributed by atoms with Crippen LogP contribution in [0.1, 0.15) is 16.7 Å². The molecule has 0 saturated carbocycles. The van der Waals surface area contributed by atoms with E-state index in [9.17, 15) is 0 Å².